The Morgan fingerprint density at radius 3 is 2.47 bits per heavy atom. The predicted octanol–water partition coefficient (Wildman–Crippen LogP) is 3.69. The lowest BCUT2D eigenvalue weighted by Crippen LogP contribution is -1.98. The summed E-state index contributed by atoms with van der Waals surface area (Å²) in [5.74, 6) is 0.499. The highest BCUT2D eigenvalue weighted by molar-refractivity contribution is 6.17. The van der Waals surface area contributed by atoms with E-state index >= 15 is 0 Å². The molecular formula is C13H19ClO. The van der Waals surface area contributed by atoms with Crippen molar-refractivity contribution < 1.29 is 5.11 Å². The molecule has 0 bridgehead atoms. The molecule has 0 aromatic heterocycles. The molecule has 1 atom stereocenters. The summed E-state index contributed by atoms with van der Waals surface area (Å²) in [5, 5.41) is 9.70. The second kappa shape index (κ2) is 6.86. The van der Waals surface area contributed by atoms with E-state index in [1.807, 2.05) is 12.1 Å². The van der Waals surface area contributed by atoms with Gasteiger partial charge in [-0.1, -0.05) is 37.6 Å². The Bertz CT molecular complexity index is 268. The third kappa shape index (κ3) is 4.23. The van der Waals surface area contributed by atoms with Crippen molar-refractivity contribution in [2.45, 2.75) is 38.7 Å². The predicted molar refractivity (Wildman–Crippen MR) is 65.4 cm³/mol. The van der Waals surface area contributed by atoms with E-state index < -0.39 is 6.10 Å². The van der Waals surface area contributed by atoms with Gasteiger partial charge in [0, 0.05) is 5.88 Å². The number of alkyl halides is 1. The van der Waals surface area contributed by atoms with Crippen LogP contribution < -0.4 is 0 Å². The van der Waals surface area contributed by atoms with Gasteiger partial charge in [-0.15, -0.1) is 11.6 Å². The van der Waals surface area contributed by atoms with Crippen molar-refractivity contribution in [3.05, 3.63) is 35.4 Å². The molecule has 1 unspecified atom stereocenters. The standard InChI is InChI=1S/C13H19ClO/c1-2-3-4-11-5-7-12(8-6-11)13(15)9-10-14/h5-8,13,15H,2-4,9-10H2,1H3. The number of aliphatic hydroxyl groups is 1. The zero-order chi connectivity index (χ0) is 11.1. The van der Waals surface area contributed by atoms with Crippen LogP contribution >= 0.6 is 11.6 Å². The number of halogens is 1. The summed E-state index contributed by atoms with van der Waals surface area (Å²) in [4.78, 5) is 0. The second-order valence-corrected chi connectivity index (χ2v) is 4.22. The number of aliphatic hydroxyl groups excluding tert-OH is 1. The molecule has 0 heterocycles. The van der Waals surface area contributed by atoms with Gasteiger partial charge in [0.05, 0.1) is 6.10 Å². The molecular weight excluding hydrogens is 208 g/mol. The van der Waals surface area contributed by atoms with E-state index in [0.717, 1.165) is 12.0 Å². The molecule has 0 amide bonds. The van der Waals surface area contributed by atoms with Gasteiger partial charge in [0.2, 0.25) is 0 Å². The summed E-state index contributed by atoms with van der Waals surface area (Å²) in [6, 6.07) is 8.20. The van der Waals surface area contributed by atoms with Crippen LogP contribution in [0.1, 0.15) is 43.4 Å². The molecule has 1 aromatic carbocycles. The second-order valence-electron chi connectivity index (χ2n) is 3.84. The first-order valence-corrected chi connectivity index (χ1v) is 6.14. The Morgan fingerprint density at radius 1 is 1.27 bits per heavy atom. The molecule has 15 heavy (non-hydrogen) atoms. The van der Waals surface area contributed by atoms with Gasteiger partial charge in [-0.05, 0) is 30.4 Å². The number of aryl methyl sites for hydroxylation is 1. The number of rotatable bonds is 6. The van der Waals surface area contributed by atoms with Gasteiger partial charge in [-0.2, -0.15) is 0 Å². The molecule has 1 nitrogen and oxygen atoms in total. The van der Waals surface area contributed by atoms with Gasteiger partial charge in [-0.25, -0.2) is 0 Å². The third-order valence-electron chi connectivity index (χ3n) is 2.57. The smallest absolute Gasteiger partial charge is 0.0801 e. The van der Waals surface area contributed by atoms with E-state index in [1.165, 1.54) is 18.4 Å². The number of unbranched alkanes of at least 4 members (excludes halogenated alkanes) is 1. The highest BCUT2D eigenvalue weighted by Crippen LogP contribution is 2.18. The lowest BCUT2D eigenvalue weighted by molar-refractivity contribution is 0.174. The minimum Gasteiger partial charge on any atom is -0.388 e. The third-order valence-corrected chi connectivity index (χ3v) is 2.78. The SMILES string of the molecule is CCCCc1ccc(C(O)CCCl)cc1. The topological polar surface area (TPSA) is 20.2 Å². The Balaban J connectivity index is 2.55. The fourth-order valence-electron chi connectivity index (χ4n) is 1.56. The van der Waals surface area contributed by atoms with Crippen LogP contribution in [0, 0.1) is 0 Å². The van der Waals surface area contributed by atoms with Gasteiger partial charge in [0.1, 0.15) is 0 Å². The minimum absolute atomic E-state index is 0.414. The average molecular weight is 227 g/mol. The van der Waals surface area contributed by atoms with Crippen molar-refractivity contribution in [2.24, 2.45) is 0 Å². The quantitative estimate of drug-likeness (QED) is 0.734. The number of benzene rings is 1. The maximum atomic E-state index is 9.70. The summed E-state index contributed by atoms with van der Waals surface area (Å²) in [6.45, 7) is 2.19. The van der Waals surface area contributed by atoms with Gasteiger partial charge < -0.3 is 5.11 Å². The first kappa shape index (κ1) is 12.5. The fraction of sp³-hybridized carbons (Fsp3) is 0.538. The molecule has 2 heteroatoms. The molecule has 1 N–H and O–H groups in total. The van der Waals surface area contributed by atoms with Crippen molar-refractivity contribution in [1.29, 1.82) is 0 Å². The largest absolute Gasteiger partial charge is 0.388 e. The summed E-state index contributed by atoms with van der Waals surface area (Å²) < 4.78 is 0. The van der Waals surface area contributed by atoms with Crippen LogP contribution in [0.5, 0.6) is 0 Å². The summed E-state index contributed by atoms with van der Waals surface area (Å²) in [5.41, 5.74) is 2.31. The van der Waals surface area contributed by atoms with Gasteiger partial charge in [0.25, 0.3) is 0 Å². The van der Waals surface area contributed by atoms with Crippen molar-refractivity contribution in [3.63, 3.8) is 0 Å². The molecule has 1 aromatic rings. The Labute approximate surface area is 97.1 Å². The number of hydrogen-bond donors (Lipinski definition) is 1. The first-order chi connectivity index (χ1) is 7.27. The maximum absolute atomic E-state index is 9.70. The molecule has 84 valence electrons. The van der Waals surface area contributed by atoms with E-state index in [4.69, 9.17) is 11.6 Å². The molecule has 0 aliphatic rings. The first-order valence-electron chi connectivity index (χ1n) is 5.60. The molecule has 0 spiro atoms. The van der Waals surface area contributed by atoms with E-state index in [2.05, 4.69) is 19.1 Å². The van der Waals surface area contributed by atoms with Crippen molar-refractivity contribution >= 4 is 11.6 Å². The lowest BCUT2D eigenvalue weighted by Gasteiger charge is -2.09. The van der Waals surface area contributed by atoms with Gasteiger partial charge in [-0.3, -0.25) is 0 Å². The van der Waals surface area contributed by atoms with Crippen LogP contribution in [-0.4, -0.2) is 11.0 Å². The molecule has 0 radical (unpaired) electrons. The fourth-order valence-corrected chi connectivity index (χ4v) is 1.76. The minimum atomic E-state index is -0.414. The highest BCUT2D eigenvalue weighted by Gasteiger charge is 2.05. The Kier molecular flexibility index (Phi) is 5.74. The van der Waals surface area contributed by atoms with Gasteiger partial charge >= 0.3 is 0 Å². The van der Waals surface area contributed by atoms with E-state index in [1.54, 1.807) is 0 Å². The average Bonchev–Trinajstić information content (AvgIpc) is 2.27. The van der Waals surface area contributed by atoms with Gasteiger partial charge in [0.15, 0.2) is 0 Å². The summed E-state index contributed by atoms with van der Waals surface area (Å²) in [6.07, 6.45) is 3.78. The lowest BCUT2D eigenvalue weighted by atomic mass is 10.0. The molecule has 0 aliphatic carbocycles. The highest BCUT2D eigenvalue weighted by atomic mass is 35.5. The zero-order valence-electron chi connectivity index (χ0n) is 9.25. The van der Waals surface area contributed by atoms with Crippen LogP contribution in [-0.2, 0) is 6.42 Å². The van der Waals surface area contributed by atoms with Crippen LogP contribution in [0.3, 0.4) is 0 Å². The van der Waals surface area contributed by atoms with Crippen molar-refractivity contribution in [3.8, 4) is 0 Å². The van der Waals surface area contributed by atoms with E-state index in [9.17, 15) is 5.11 Å². The monoisotopic (exact) mass is 226 g/mol. The van der Waals surface area contributed by atoms with Crippen LogP contribution in [0.2, 0.25) is 0 Å². The molecule has 0 saturated heterocycles. The van der Waals surface area contributed by atoms with E-state index in [0.29, 0.717) is 12.3 Å². The van der Waals surface area contributed by atoms with Crippen LogP contribution in [0.4, 0.5) is 0 Å². The molecule has 0 aliphatic heterocycles. The normalized spacial score (nSPS) is 12.7. The van der Waals surface area contributed by atoms with Crippen molar-refractivity contribution in [2.75, 3.05) is 5.88 Å². The van der Waals surface area contributed by atoms with Crippen LogP contribution in [0.25, 0.3) is 0 Å². The van der Waals surface area contributed by atoms with Crippen molar-refractivity contribution in [1.82, 2.24) is 0 Å². The molecule has 0 saturated carbocycles. The maximum Gasteiger partial charge on any atom is 0.0801 e. The Morgan fingerprint density at radius 2 is 1.93 bits per heavy atom. The molecule has 0 fully saturated rings. The Hall–Kier alpha value is -0.530. The summed E-state index contributed by atoms with van der Waals surface area (Å²) in [7, 11) is 0. The zero-order valence-corrected chi connectivity index (χ0v) is 10.0. The van der Waals surface area contributed by atoms with E-state index in [-0.39, 0.29) is 0 Å². The summed E-state index contributed by atoms with van der Waals surface area (Å²) >= 11 is 5.59. The number of hydrogen-bond acceptors (Lipinski definition) is 1. The van der Waals surface area contributed by atoms with Crippen LogP contribution in [0.15, 0.2) is 24.3 Å². The molecule has 1 rings (SSSR count).